The third-order valence-corrected chi connectivity index (χ3v) is 4.13. The fourth-order valence-electron chi connectivity index (χ4n) is 2.71. The van der Waals surface area contributed by atoms with Crippen LogP contribution in [0.25, 0.3) is 0 Å². The minimum absolute atomic E-state index is 0.139. The van der Waals surface area contributed by atoms with Crippen LogP contribution in [-0.4, -0.2) is 44.9 Å². The van der Waals surface area contributed by atoms with E-state index in [9.17, 15) is 0 Å². The molecule has 106 valence electrons. The molecule has 2 N–H and O–H groups in total. The number of ether oxygens (including phenoxy) is 2. The summed E-state index contributed by atoms with van der Waals surface area (Å²) in [7, 11) is 3.43. The molecule has 5 heteroatoms. The van der Waals surface area contributed by atoms with Crippen LogP contribution in [0.5, 0.6) is 5.75 Å². The quantitative estimate of drug-likeness (QED) is 0.900. The van der Waals surface area contributed by atoms with Gasteiger partial charge in [0.15, 0.2) is 0 Å². The third kappa shape index (κ3) is 3.28. The maximum absolute atomic E-state index is 6.29. The molecule has 1 aromatic rings. The molecular formula is C14H21BrN2O2. The van der Waals surface area contributed by atoms with Crippen LogP contribution in [0.4, 0.5) is 0 Å². The highest BCUT2D eigenvalue weighted by atomic mass is 79.9. The molecule has 0 bridgehead atoms. The summed E-state index contributed by atoms with van der Waals surface area (Å²) < 4.78 is 11.7. The zero-order chi connectivity index (χ0) is 13.8. The zero-order valence-corrected chi connectivity index (χ0v) is 13.0. The molecule has 2 rings (SSSR count). The van der Waals surface area contributed by atoms with Crippen LogP contribution in [0.15, 0.2) is 22.7 Å². The van der Waals surface area contributed by atoms with Gasteiger partial charge in [0.1, 0.15) is 5.75 Å². The minimum atomic E-state index is 0.139. The van der Waals surface area contributed by atoms with Crippen molar-refractivity contribution in [3.8, 4) is 5.75 Å². The van der Waals surface area contributed by atoms with Crippen molar-refractivity contribution >= 4 is 15.9 Å². The molecular weight excluding hydrogens is 308 g/mol. The zero-order valence-electron chi connectivity index (χ0n) is 11.4. The Morgan fingerprint density at radius 3 is 2.89 bits per heavy atom. The van der Waals surface area contributed by atoms with Crippen LogP contribution in [0, 0.1) is 0 Å². The number of nitrogens with two attached hydrogens (primary N) is 1. The van der Waals surface area contributed by atoms with Crippen LogP contribution in [0.3, 0.4) is 0 Å². The first kappa shape index (κ1) is 14.8. The Morgan fingerprint density at radius 2 is 2.21 bits per heavy atom. The van der Waals surface area contributed by atoms with Gasteiger partial charge in [0, 0.05) is 36.3 Å². The highest BCUT2D eigenvalue weighted by Gasteiger charge is 2.34. The van der Waals surface area contributed by atoms with Gasteiger partial charge in [-0.15, -0.1) is 0 Å². The molecule has 0 spiro atoms. The monoisotopic (exact) mass is 328 g/mol. The van der Waals surface area contributed by atoms with E-state index in [-0.39, 0.29) is 12.1 Å². The Balaban J connectivity index is 2.28. The Labute approximate surface area is 123 Å². The Hall–Kier alpha value is -0.620. The summed E-state index contributed by atoms with van der Waals surface area (Å²) in [6.45, 7) is 2.62. The number of rotatable bonds is 5. The van der Waals surface area contributed by atoms with Gasteiger partial charge in [0.25, 0.3) is 0 Å². The predicted molar refractivity (Wildman–Crippen MR) is 79.5 cm³/mol. The minimum Gasteiger partial charge on any atom is -0.496 e. The van der Waals surface area contributed by atoms with Gasteiger partial charge in [0.2, 0.25) is 0 Å². The summed E-state index contributed by atoms with van der Waals surface area (Å²) in [6.07, 6.45) is 1.00. The first-order valence-electron chi connectivity index (χ1n) is 6.49. The molecule has 1 fully saturated rings. The van der Waals surface area contributed by atoms with Crippen molar-refractivity contribution in [1.82, 2.24) is 4.90 Å². The van der Waals surface area contributed by atoms with Gasteiger partial charge in [-0.05, 0) is 24.6 Å². The lowest BCUT2D eigenvalue weighted by Crippen LogP contribution is -2.34. The Bertz CT molecular complexity index is 428. The second-order valence-electron chi connectivity index (χ2n) is 4.81. The van der Waals surface area contributed by atoms with Crippen LogP contribution < -0.4 is 10.5 Å². The number of hydrogen-bond donors (Lipinski definition) is 1. The first-order valence-corrected chi connectivity index (χ1v) is 7.28. The van der Waals surface area contributed by atoms with Crippen molar-refractivity contribution in [2.45, 2.75) is 18.5 Å². The summed E-state index contributed by atoms with van der Waals surface area (Å²) >= 11 is 3.53. The average molecular weight is 329 g/mol. The lowest BCUT2D eigenvalue weighted by atomic mass is 10.00. The molecule has 1 aromatic carbocycles. The summed E-state index contributed by atoms with van der Waals surface area (Å²) in [4.78, 5) is 2.37. The van der Waals surface area contributed by atoms with Gasteiger partial charge in [-0.3, -0.25) is 4.90 Å². The largest absolute Gasteiger partial charge is 0.496 e. The third-order valence-electron chi connectivity index (χ3n) is 3.64. The molecule has 4 nitrogen and oxygen atoms in total. The molecule has 19 heavy (non-hydrogen) atoms. The molecule has 2 atom stereocenters. The fourth-order valence-corrected chi connectivity index (χ4v) is 3.08. The molecule has 1 saturated heterocycles. The van der Waals surface area contributed by atoms with Crippen LogP contribution in [0.1, 0.15) is 18.0 Å². The summed E-state index contributed by atoms with van der Waals surface area (Å²) in [5.74, 6) is 0.896. The second-order valence-corrected chi connectivity index (χ2v) is 5.73. The molecule has 0 radical (unpaired) electrons. The van der Waals surface area contributed by atoms with Gasteiger partial charge in [-0.25, -0.2) is 0 Å². The van der Waals surface area contributed by atoms with E-state index >= 15 is 0 Å². The highest BCUT2D eigenvalue weighted by Crippen LogP contribution is 2.37. The van der Waals surface area contributed by atoms with Crippen molar-refractivity contribution in [2.24, 2.45) is 5.73 Å². The molecule has 0 amide bonds. The van der Waals surface area contributed by atoms with Crippen molar-refractivity contribution < 1.29 is 9.47 Å². The predicted octanol–water partition coefficient (Wildman–Crippen LogP) is 2.18. The van der Waals surface area contributed by atoms with Gasteiger partial charge >= 0.3 is 0 Å². The van der Waals surface area contributed by atoms with Gasteiger partial charge in [0.05, 0.1) is 19.8 Å². The molecule has 1 aliphatic heterocycles. The number of methoxy groups -OCH3 is 2. The average Bonchev–Trinajstić information content (AvgIpc) is 2.77. The molecule has 2 unspecified atom stereocenters. The fraction of sp³-hybridized carbons (Fsp3) is 0.571. The van der Waals surface area contributed by atoms with Crippen molar-refractivity contribution in [3.63, 3.8) is 0 Å². The summed E-state index contributed by atoms with van der Waals surface area (Å²) in [5, 5.41) is 0. The van der Waals surface area contributed by atoms with E-state index in [0.29, 0.717) is 0 Å². The number of nitrogens with zero attached hydrogens (tertiary/aromatic N) is 1. The van der Waals surface area contributed by atoms with E-state index in [2.05, 4.69) is 26.9 Å². The van der Waals surface area contributed by atoms with Gasteiger partial charge in [-0.2, -0.15) is 0 Å². The number of hydrogen-bond acceptors (Lipinski definition) is 4. The second kappa shape index (κ2) is 6.70. The van der Waals surface area contributed by atoms with Crippen LogP contribution in [-0.2, 0) is 4.74 Å². The summed E-state index contributed by atoms with van der Waals surface area (Å²) in [5.41, 5.74) is 7.44. The van der Waals surface area contributed by atoms with Crippen LogP contribution >= 0.6 is 15.9 Å². The molecule has 0 aromatic heterocycles. The standard InChI is InChI=1S/C14H21BrN2O2/c1-18-8-7-17-6-5-12(16)14(17)11-9-10(15)3-4-13(11)19-2/h3-4,9,12,14H,5-8,16H2,1-2H3. The topological polar surface area (TPSA) is 47.7 Å². The molecule has 0 saturated carbocycles. The molecule has 1 aliphatic rings. The van der Waals surface area contributed by atoms with Gasteiger partial charge < -0.3 is 15.2 Å². The number of halogens is 1. The van der Waals surface area contributed by atoms with Gasteiger partial charge in [-0.1, -0.05) is 15.9 Å². The normalized spacial score (nSPS) is 23.8. The lowest BCUT2D eigenvalue weighted by Gasteiger charge is -2.28. The Kier molecular flexibility index (Phi) is 5.21. The SMILES string of the molecule is COCCN1CCC(N)C1c1cc(Br)ccc1OC. The maximum atomic E-state index is 6.29. The Morgan fingerprint density at radius 1 is 1.42 bits per heavy atom. The van der Waals surface area contributed by atoms with E-state index in [1.807, 2.05) is 12.1 Å². The number of benzene rings is 1. The van der Waals surface area contributed by atoms with E-state index in [1.165, 1.54) is 0 Å². The van der Waals surface area contributed by atoms with E-state index in [4.69, 9.17) is 15.2 Å². The maximum Gasteiger partial charge on any atom is 0.123 e. The van der Waals surface area contributed by atoms with E-state index in [1.54, 1.807) is 14.2 Å². The smallest absolute Gasteiger partial charge is 0.123 e. The van der Waals surface area contributed by atoms with E-state index < -0.39 is 0 Å². The van der Waals surface area contributed by atoms with Crippen molar-refractivity contribution in [1.29, 1.82) is 0 Å². The van der Waals surface area contributed by atoms with Crippen LogP contribution in [0.2, 0.25) is 0 Å². The first-order chi connectivity index (χ1) is 9.17. The van der Waals surface area contributed by atoms with Crippen molar-refractivity contribution in [3.05, 3.63) is 28.2 Å². The molecule has 0 aliphatic carbocycles. The molecule has 1 heterocycles. The summed E-state index contributed by atoms with van der Waals surface area (Å²) in [6, 6.07) is 6.41. The van der Waals surface area contributed by atoms with Crippen molar-refractivity contribution in [2.75, 3.05) is 33.9 Å². The highest BCUT2D eigenvalue weighted by molar-refractivity contribution is 9.10. The van der Waals surface area contributed by atoms with E-state index in [0.717, 1.165) is 41.9 Å². The lowest BCUT2D eigenvalue weighted by molar-refractivity contribution is 0.138. The number of likely N-dealkylation sites (tertiary alicyclic amines) is 1.